The van der Waals surface area contributed by atoms with Crippen LogP contribution in [-0.2, 0) is 29.0 Å². The summed E-state index contributed by atoms with van der Waals surface area (Å²) < 4.78 is 21.3. The van der Waals surface area contributed by atoms with Gasteiger partial charge >= 0.3 is 0 Å². The third-order valence-electron chi connectivity index (χ3n) is 6.15. The zero-order valence-electron chi connectivity index (χ0n) is 21.4. The molecule has 3 rings (SSSR count). The molecule has 0 aliphatic carbocycles. The molecule has 0 saturated heterocycles. The first kappa shape index (κ1) is 28.4. The van der Waals surface area contributed by atoms with E-state index in [1.54, 1.807) is 18.2 Å². The summed E-state index contributed by atoms with van der Waals surface area (Å²) in [5, 5.41) is 2.96. The fourth-order valence-corrected chi connectivity index (χ4v) is 4.51. The summed E-state index contributed by atoms with van der Waals surface area (Å²) in [6, 6.07) is 20.7. The van der Waals surface area contributed by atoms with Crippen molar-refractivity contribution in [3.8, 4) is 5.75 Å². The lowest BCUT2D eigenvalue weighted by atomic mass is 10.0. The molecule has 0 aromatic heterocycles. The summed E-state index contributed by atoms with van der Waals surface area (Å²) in [5.41, 5.74) is 2.38. The van der Waals surface area contributed by atoms with Crippen LogP contribution in [-0.4, -0.2) is 35.9 Å². The minimum absolute atomic E-state index is 0.0521. The summed E-state index contributed by atoms with van der Waals surface area (Å²) in [7, 11) is 0. The molecule has 0 aliphatic rings. The van der Waals surface area contributed by atoms with E-state index in [4.69, 9.17) is 4.74 Å². The second-order valence-corrected chi connectivity index (χ2v) is 9.72. The number of nitrogens with zero attached hydrogens (tertiary/aromatic N) is 1. The van der Waals surface area contributed by atoms with Crippen LogP contribution >= 0.6 is 15.9 Å². The first-order valence-corrected chi connectivity index (χ1v) is 13.5. The van der Waals surface area contributed by atoms with E-state index in [-0.39, 0.29) is 19.1 Å². The van der Waals surface area contributed by atoms with Crippen molar-refractivity contribution >= 4 is 27.7 Å². The number of rotatable bonds is 13. The Hall–Kier alpha value is -3.19. The van der Waals surface area contributed by atoms with Gasteiger partial charge in [-0.3, -0.25) is 9.59 Å². The number of hydrogen-bond acceptors (Lipinski definition) is 3. The molecule has 7 heteroatoms. The molecule has 196 valence electrons. The van der Waals surface area contributed by atoms with Crippen molar-refractivity contribution in [2.24, 2.45) is 0 Å². The second-order valence-electron chi connectivity index (χ2n) is 8.87. The van der Waals surface area contributed by atoms with Crippen LogP contribution in [0, 0.1) is 5.82 Å². The van der Waals surface area contributed by atoms with Gasteiger partial charge in [0.05, 0.1) is 4.47 Å². The smallest absolute Gasteiger partial charge is 0.261 e. The lowest BCUT2D eigenvalue weighted by Gasteiger charge is -2.31. The minimum Gasteiger partial charge on any atom is -0.483 e. The number of nitrogens with one attached hydrogen (secondary N) is 1. The highest BCUT2D eigenvalue weighted by Crippen LogP contribution is 2.26. The van der Waals surface area contributed by atoms with Gasteiger partial charge in [-0.15, -0.1) is 0 Å². The molecule has 0 fully saturated rings. The van der Waals surface area contributed by atoms with E-state index >= 15 is 0 Å². The third kappa shape index (κ3) is 8.42. The normalized spacial score (nSPS) is 11.6. The van der Waals surface area contributed by atoms with Crippen molar-refractivity contribution in [1.29, 1.82) is 0 Å². The van der Waals surface area contributed by atoms with Crippen molar-refractivity contribution in [2.45, 2.75) is 52.1 Å². The largest absolute Gasteiger partial charge is 0.483 e. The molecule has 0 unspecified atom stereocenters. The zero-order valence-corrected chi connectivity index (χ0v) is 23.0. The van der Waals surface area contributed by atoms with Gasteiger partial charge in [-0.2, -0.15) is 0 Å². The summed E-state index contributed by atoms with van der Waals surface area (Å²) >= 11 is 3.51. The minimum atomic E-state index is -0.833. The molecule has 0 bridgehead atoms. The highest BCUT2D eigenvalue weighted by atomic mass is 79.9. The van der Waals surface area contributed by atoms with E-state index in [9.17, 15) is 14.0 Å². The van der Waals surface area contributed by atoms with Crippen LogP contribution in [0.4, 0.5) is 4.39 Å². The molecule has 0 aliphatic heterocycles. The maximum Gasteiger partial charge on any atom is 0.261 e. The summed E-state index contributed by atoms with van der Waals surface area (Å²) in [5.74, 6) is -0.566. The standard InChI is InChI=1S/C30H34BrFN2O3/c1-3-5-17-33-30(36)27(19-23-11-7-6-8-12-23)34(20-24-13-9-10-14-26(24)32)29(35)21-37-28-16-15-22(4-2)18-25(28)31/h6-16,18,27H,3-5,17,19-21H2,1-2H3,(H,33,36)/t27-/m0/s1. The Bertz CT molecular complexity index is 1170. The Labute approximate surface area is 227 Å². The number of ether oxygens (including phenoxy) is 1. The van der Waals surface area contributed by atoms with Crippen LogP contribution in [0.3, 0.4) is 0 Å². The van der Waals surface area contributed by atoms with Crippen molar-refractivity contribution in [1.82, 2.24) is 10.2 Å². The topological polar surface area (TPSA) is 58.6 Å². The predicted molar refractivity (Wildman–Crippen MR) is 148 cm³/mol. The first-order chi connectivity index (χ1) is 17.9. The summed E-state index contributed by atoms with van der Waals surface area (Å²) in [6.07, 6.45) is 2.94. The number of aryl methyl sites for hydroxylation is 1. The van der Waals surface area contributed by atoms with E-state index in [0.29, 0.717) is 24.3 Å². The lowest BCUT2D eigenvalue weighted by Crippen LogP contribution is -2.52. The van der Waals surface area contributed by atoms with Gasteiger partial charge in [-0.1, -0.05) is 74.9 Å². The molecule has 3 aromatic rings. The highest BCUT2D eigenvalue weighted by Gasteiger charge is 2.31. The third-order valence-corrected chi connectivity index (χ3v) is 6.77. The number of benzene rings is 3. The van der Waals surface area contributed by atoms with Crippen LogP contribution in [0.25, 0.3) is 0 Å². The Balaban J connectivity index is 1.90. The fraction of sp³-hybridized carbons (Fsp3) is 0.333. The molecule has 0 spiro atoms. The number of carbonyl (C=O) groups excluding carboxylic acids is 2. The maximum absolute atomic E-state index is 14.7. The molecule has 0 saturated carbocycles. The molecule has 0 heterocycles. The number of amides is 2. The SMILES string of the molecule is CCCCNC(=O)[C@H](Cc1ccccc1)N(Cc1ccccc1F)C(=O)COc1ccc(CC)cc1Br. The fourth-order valence-electron chi connectivity index (χ4n) is 3.97. The number of halogens is 2. The number of unbranched alkanes of at least 4 members (excludes halogenated alkanes) is 1. The average molecular weight is 570 g/mol. The molecular weight excluding hydrogens is 535 g/mol. The maximum atomic E-state index is 14.7. The van der Waals surface area contributed by atoms with Gasteiger partial charge in [0.15, 0.2) is 6.61 Å². The van der Waals surface area contributed by atoms with Crippen LogP contribution in [0.15, 0.2) is 77.3 Å². The Morgan fingerprint density at radius 3 is 2.41 bits per heavy atom. The molecule has 1 N–H and O–H groups in total. The van der Waals surface area contributed by atoms with Gasteiger partial charge in [0, 0.05) is 25.1 Å². The van der Waals surface area contributed by atoms with Crippen LogP contribution in [0.1, 0.15) is 43.4 Å². The van der Waals surface area contributed by atoms with Gasteiger partial charge in [0.2, 0.25) is 5.91 Å². The van der Waals surface area contributed by atoms with Crippen LogP contribution < -0.4 is 10.1 Å². The monoisotopic (exact) mass is 568 g/mol. The molecule has 0 radical (unpaired) electrons. The summed E-state index contributed by atoms with van der Waals surface area (Å²) in [4.78, 5) is 28.4. The molecule has 2 amide bonds. The number of carbonyl (C=O) groups is 2. The first-order valence-electron chi connectivity index (χ1n) is 12.7. The average Bonchev–Trinajstić information content (AvgIpc) is 2.91. The van der Waals surface area contributed by atoms with E-state index in [1.165, 1.54) is 11.0 Å². The molecule has 5 nitrogen and oxygen atoms in total. The van der Waals surface area contributed by atoms with E-state index in [1.807, 2.05) is 55.5 Å². The second kappa shape index (κ2) is 14.5. The highest BCUT2D eigenvalue weighted by molar-refractivity contribution is 9.10. The van der Waals surface area contributed by atoms with E-state index in [0.717, 1.165) is 34.9 Å². The molecular formula is C30H34BrFN2O3. The number of hydrogen-bond donors (Lipinski definition) is 1. The van der Waals surface area contributed by atoms with Gasteiger partial charge in [-0.25, -0.2) is 4.39 Å². The van der Waals surface area contributed by atoms with Crippen molar-refractivity contribution in [2.75, 3.05) is 13.2 Å². The van der Waals surface area contributed by atoms with Crippen LogP contribution in [0.5, 0.6) is 5.75 Å². The van der Waals surface area contributed by atoms with E-state index in [2.05, 4.69) is 28.2 Å². The van der Waals surface area contributed by atoms with Crippen molar-refractivity contribution < 1.29 is 18.7 Å². The Kier molecular flexibility index (Phi) is 11.1. The summed E-state index contributed by atoms with van der Waals surface area (Å²) in [6.45, 7) is 4.28. The van der Waals surface area contributed by atoms with Gasteiger partial charge in [-0.05, 0) is 58.1 Å². The lowest BCUT2D eigenvalue weighted by molar-refractivity contribution is -0.142. The zero-order chi connectivity index (χ0) is 26.6. The van der Waals surface area contributed by atoms with Crippen molar-refractivity contribution in [3.05, 3.63) is 99.8 Å². The van der Waals surface area contributed by atoms with E-state index < -0.39 is 17.8 Å². The van der Waals surface area contributed by atoms with Gasteiger partial charge in [0.1, 0.15) is 17.6 Å². The van der Waals surface area contributed by atoms with Gasteiger partial charge < -0.3 is 15.0 Å². The Morgan fingerprint density at radius 1 is 1.00 bits per heavy atom. The predicted octanol–water partition coefficient (Wildman–Crippen LogP) is 6.09. The molecule has 3 aromatic carbocycles. The molecule has 37 heavy (non-hydrogen) atoms. The Morgan fingerprint density at radius 2 is 1.73 bits per heavy atom. The van der Waals surface area contributed by atoms with Crippen LogP contribution in [0.2, 0.25) is 0 Å². The van der Waals surface area contributed by atoms with Crippen molar-refractivity contribution in [3.63, 3.8) is 0 Å². The molecule has 1 atom stereocenters. The van der Waals surface area contributed by atoms with Gasteiger partial charge in [0.25, 0.3) is 5.91 Å². The quantitative estimate of drug-likeness (QED) is 0.254.